The van der Waals surface area contributed by atoms with Gasteiger partial charge in [-0.25, -0.2) is 0 Å². The third-order valence-electron chi connectivity index (χ3n) is 1.39. The molecular weight excluding hydrogens is 232 g/mol. The highest BCUT2D eigenvalue weighted by molar-refractivity contribution is 9.10. The molecule has 12 heavy (non-hydrogen) atoms. The summed E-state index contributed by atoms with van der Waals surface area (Å²) in [5, 5.41) is 0. The number of hydrogen-bond donors (Lipinski definition) is 1. The van der Waals surface area contributed by atoms with Crippen LogP contribution < -0.4 is 5.73 Å². The standard InChI is InChI=1S/C7H8BrF2NO/c8-6-2-1-5(12-6)7(9,10)3-4-11/h1-2H,3-4,11H2. The Kier molecular flexibility index (Phi) is 2.85. The largest absolute Gasteiger partial charge is 0.448 e. The van der Waals surface area contributed by atoms with E-state index >= 15 is 0 Å². The average molecular weight is 240 g/mol. The van der Waals surface area contributed by atoms with Crippen molar-refractivity contribution in [3.05, 3.63) is 22.6 Å². The molecule has 0 aliphatic carbocycles. The summed E-state index contributed by atoms with van der Waals surface area (Å²) in [4.78, 5) is 0. The van der Waals surface area contributed by atoms with E-state index in [0.717, 1.165) is 0 Å². The second-order valence-electron chi connectivity index (χ2n) is 2.35. The van der Waals surface area contributed by atoms with Crippen LogP contribution in [0.15, 0.2) is 21.2 Å². The molecule has 0 spiro atoms. The van der Waals surface area contributed by atoms with Crippen LogP contribution in [0.2, 0.25) is 0 Å². The summed E-state index contributed by atoms with van der Waals surface area (Å²) in [5.41, 5.74) is 5.03. The minimum absolute atomic E-state index is 0.0642. The SMILES string of the molecule is NCCC(F)(F)c1ccc(Br)o1. The Balaban J connectivity index is 2.81. The lowest BCUT2D eigenvalue weighted by Crippen LogP contribution is -2.17. The van der Waals surface area contributed by atoms with Gasteiger partial charge < -0.3 is 10.2 Å². The molecule has 0 bridgehead atoms. The van der Waals surface area contributed by atoms with E-state index in [1.165, 1.54) is 12.1 Å². The van der Waals surface area contributed by atoms with Gasteiger partial charge >= 0.3 is 5.92 Å². The molecule has 0 unspecified atom stereocenters. The van der Waals surface area contributed by atoms with Crippen LogP contribution in [0.5, 0.6) is 0 Å². The maximum Gasteiger partial charge on any atom is 0.305 e. The van der Waals surface area contributed by atoms with E-state index in [2.05, 4.69) is 15.9 Å². The van der Waals surface area contributed by atoms with Gasteiger partial charge in [0, 0.05) is 6.42 Å². The predicted molar refractivity (Wildman–Crippen MR) is 44.0 cm³/mol. The summed E-state index contributed by atoms with van der Waals surface area (Å²) in [7, 11) is 0. The first kappa shape index (κ1) is 9.67. The van der Waals surface area contributed by atoms with Crippen molar-refractivity contribution >= 4 is 15.9 Å². The van der Waals surface area contributed by atoms with E-state index in [9.17, 15) is 8.78 Å². The second-order valence-corrected chi connectivity index (χ2v) is 3.13. The van der Waals surface area contributed by atoms with E-state index in [4.69, 9.17) is 10.2 Å². The van der Waals surface area contributed by atoms with Crippen LogP contribution >= 0.6 is 15.9 Å². The predicted octanol–water partition coefficient (Wildman–Crippen LogP) is 2.48. The van der Waals surface area contributed by atoms with Crippen molar-refractivity contribution in [2.45, 2.75) is 12.3 Å². The van der Waals surface area contributed by atoms with E-state index in [1.54, 1.807) is 0 Å². The van der Waals surface area contributed by atoms with Gasteiger partial charge in [-0.2, -0.15) is 8.78 Å². The van der Waals surface area contributed by atoms with E-state index < -0.39 is 12.3 Å². The zero-order valence-electron chi connectivity index (χ0n) is 6.19. The van der Waals surface area contributed by atoms with Crippen LogP contribution in [0.3, 0.4) is 0 Å². The summed E-state index contributed by atoms with van der Waals surface area (Å²) in [5.74, 6) is -3.30. The topological polar surface area (TPSA) is 39.2 Å². The fraction of sp³-hybridized carbons (Fsp3) is 0.429. The Morgan fingerprint density at radius 2 is 2.17 bits per heavy atom. The van der Waals surface area contributed by atoms with Gasteiger partial charge in [0.2, 0.25) is 0 Å². The van der Waals surface area contributed by atoms with Crippen LogP contribution in [0.4, 0.5) is 8.78 Å². The van der Waals surface area contributed by atoms with Gasteiger partial charge in [0.25, 0.3) is 0 Å². The van der Waals surface area contributed by atoms with Gasteiger partial charge in [-0.15, -0.1) is 0 Å². The zero-order valence-corrected chi connectivity index (χ0v) is 7.77. The summed E-state index contributed by atoms with van der Waals surface area (Å²) in [6.45, 7) is -0.0642. The number of halogens is 3. The molecule has 5 heteroatoms. The smallest absolute Gasteiger partial charge is 0.305 e. The zero-order chi connectivity index (χ0) is 9.19. The minimum Gasteiger partial charge on any atom is -0.448 e. The van der Waals surface area contributed by atoms with Crippen molar-refractivity contribution in [1.29, 1.82) is 0 Å². The number of nitrogens with two attached hydrogens (primary N) is 1. The highest BCUT2D eigenvalue weighted by Gasteiger charge is 2.33. The molecular formula is C7H8BrF2NO. The van der Waals surface area contributed by atoms with Crippen molar-refractivity contribution in [2.75, 3.05) is 6.54 Å². The molecule has 0 saturated heterocycles. The van der Waals surface area contributed by atoms with E-state index in [0.29, 0.717) is 4.67 Å². The Morgan fingerprint density at radius 1 is 1.50 bits per heavy atom. The molecule has 68 valence electrons. The van der Waals surface area contributed by atoms with Crippen LogP contribution in [0, 0.1) is 0 Å². The van der Waals surface area contributed by atoms with Crippen LogP contribution in [-0.2, 0) is 5.92 Å². The average Bonchev–Trinajstić information content (AvgIpc) is 2.36. The molecule has 1 rings (SSSR count). The van der Waals surface area contributed by atoms with Gasteiger partial charge in [0.15, 0.2) is 10.4 Å². The van der Waals surface area contributed by atoms with Gasteiger partial charge in [-0.05, 0) is 34.6 Å². The van der Waals surface area contributed by atoms with Crippen molar-refractivity contribution in [2.24, 2.45) is 5.73 Å². The van der Waals surface area contributed by atoms with Gasteiger partial charge in [0.1, 0.15) is 0 Å². The molecule has 0 aliphatic rings. The summed E-state index contributed by atoms with van der Waals surface area (Å²) >= 11 is 2.94. The lowest BCUT2D eigenvalue weighted by Gasteiger charge is -2.11. The van der Waals surface area contributed by atoms with Crippen LogP contribution in [-0.4, -0.2) is 6.54 Å². The van der Waals surface area contributed by atoms with Crippen molar-refractivity contribution in [3.8, 4) is 0 Å². The molecule has 0 atom stereocenters. The molecule has 1 aromatic heterocycles. The van der Waals surface area contributed by atoms with Crippen molar-refractivity contribution in [1.82, 2.24) is 0 Å². The maximum atomic E-state index is 13.0. The van der Waals surface area contributed by atoms with Crippen LogP contribution in [0.25, 0.3) is 0 Å². The van der Waals surface area contributed by atoms with Crippen molar-refractivity contribution < 1.29 is 13.2 Å². The lowest BCUT2D eigenvalue weighted by atomic mass is 10.2. The Hall–Kier alpha value is -0.420. The molecule has 0 saturated carbocycles. The first-order valence-electron chi connectivity index (χ1n) is 3.40. The maximum absolute atomic E-state index is 13.0. The summed E-state index contributed by atoms with van der Waals surface area (Å²) < 4.78 is 31.0. The second kappa shape index (κ2) is 3.53. The first-order valence-corrected chi connectivity index (χ1v) is 4.19. The van der Waals surface area contributed by atoms with Crippen molar-refractivity contribution in [3.63, 3.8) is 0 Å². The molecule has 0 radical (unpaired) electrons. The highest BCUT2D eigenvalue weighted by Crippen LogP contribution is 2.33. The number of hydrogen-bond acceptors (Lipinski definition) is 2. The van der Waals surface area contributed by atoms with Gasteiger partial charge in [-0.3, -0.25) is 0 Å². The van der Waals surface area contributed by atoms with E-state index in [-0.39, 0.29) is 12.3 Å². The van der Waals surface area contributed by atoms with E-state index in [1.807, 2.05) is 0 Å². The van der Waals surface area contributed by atoms with Crippen LogP contribution in [0.1, 0.15) is 12.2 Å². The molecule has 2 N–H and O–H groups in total. The third kappa shape index (κ3) is 2.04. The number of furan rings is 1. The normalized spacial score (nSPS) is 12.0. The Labute approximate surface area is 76.9 Å². The van der Waals surface area contributed by atoms with Gasteiger partial charge in [-0.1, -0.05) is 0 Å². The minimum atomic E-state index is -2.96. The highest BCUT2D eigenvalue weighted by atomic mass is 79.9. The first-order chi connectivity index (χ1) is 5.56. The van der Waals surface area contributed by atoms with Gasteiger partial charge in [0.05, 0.1) is 0 Å². The third-order valence-corrected chi connectivity index (χ3v) is 1.82. The molecule has 2 nitrogen and oxygen atoms in total. The fourth-order valence-electron chi connectivity index (χ4n) is 0.815. The molecule has 0 aliphatic heterocycles. The number of alkyl halides is 2. The molecule has 0 aromatic carbocycles. The molecule has 1 aromatic rings. The molecule has 0 amide bonds. The lowest BCUT2D eigenvalue weighted by molar-refractivity contribution is -0.0323. The summed E-state index contributed by atoms with van der Waals surface area (Å²) in [6, 6.07) is 2.67. The molecule has 0 fully saturated rings. The number of rotatable bonds is 3. The quantitative estimate of drug-likeness (QED) is 0.881. The summed E-state index contributed by atoms with van der Waals surface area (Å²) in [6.07, 6.45) is -0.396. The Morgan fingerprint density at radius 3 is 2.58 bits per heavy atom. The monoisotopic (exact) mass is 239 g/mol. The molecule has 1 heterocycles. The fourth-order valence-corrected chi connectivity index (χ4v) is 1.12. The Bertz CT molecular complexity index is 262.